The van der Waals surface area contributed by atoms with E-state index in [0.717, 1.165) is 24.2 Å². The summed E-state index contributed by atoms with van der Waals surface area (Å²) in [6.45, 7) is 3.12. The van der Waals surface area contributed by atoms with Crippen molar-refractivity contribution in [3.05, 3.63) is 29.3 Å². The van der Waals surface area contributed by atoms with E-state index in [4.69, 9.17) is 10.4 Å². The number of nitriles is 1. The third-order valence-electron chi connectivity index (χ3n) is 2.87. The van der Waals surface area contributed by atoms with Crippen molar-refractivity contribution in [2.75, 3.05) is 18.5 Å². The van der Waals surface area contributed by atoms with Gasteiger partial charge < -0.3 is 10.0 Å². The highest BCUT2D eigenvalue weighted by Crippen LogP contribution is 2.21. The smallest absolute Gasteiger partial charge is 0.101 e. The molecular weight excluding hydrogens is 212 g/mol. The first-order chi connectivity index (χ1) is 8.22. The molecule has 0 bridgehead atoms. The summed E-state index contributed by atoms with van der Waals surface area (Å²) >= 11 is 0. The Labute approximate surface area is 103 Å². The SMILES string of the molecule is CCCCCN(C)c1ccc(CO)cc1C#N. The Hall–Kier alpha value is -1.53. The molecule has 0 heterocycles. The van der Waals surface area contributed by atoms with Crippen LogP contribution >= 0.6 is 0 Å². The van der Waals surface area contributed by atoms with Crippen molar-refractivity contribution in [1.82, 2.24) is 0 Å². The first-order valence-corrected chi connectivity index (χ1v) is 6.08. The number of aliphatic hydroxyl groups excluding tert-OH is 1. The lowest BCUT2D eigenvalue weighted by Gasteiger charge is -2.20. The molecule has 0 unspecified atom stereocenters. The van der Waals surface area contributed by atoms with Crippen LogP contribution in [0.5, 0.6) is 0 Å². The summed E-state index contributed by atoms with van der Waals surface area (Å²) in [4.78, 5) is 2.11. The van der Waals surface area contributed by atoms with Gasteiger partial charge in [-0.15, -0.1) is 0 Å². The van der Waals surface area contributed by atoms with Crippen molar-refractivity contribution < 1.29 is 5.11 Å². The fourth-order valence-corrected chi connectivity index (χ4v) is 1.82. The minimum atomic E-state index is -0.0193. The first kappa shape index (κ1) is 13.5. The molecule has 1 rings (SSSR count). The summed E-state index contributed by atoms with van der Waals surface area (Å²) < 4.78 is 0. The van der Waals surface area contributed by atoms with Crippen molar-refractivity contribution in [1.29, 1.82) is 5.26 Å². The maximum atomic E-state index is 9.10. The van der Waals surface area contributed by atoms with E-state index in [1.165, 1.54) is 12.8 Å². The third kappa shape index (κ3) is 3.76. The molecule has 0 aliphatic carbocycles. The van der Waals surface area contributed by atoms with Gasteiger partial charge in [-0.3, -0.25) is 0 Å². The van der Waals surface area contributed by atoms with Crippen LogP contribution in [0.4, 0.5) is 5.69 Å². The van der Waals surface area contributed by atoms with Gasteiger partial charge in [0.2, 0.25) is 0 Å². The van der Waals surface area contributed by atoms with Crippen LogP contribution in [0.15, 0.2) is 18.2 Å². The zero-order valence-electron chi connectivity index (χ0n) is 10.6. The average Bonchev–Trinajstić information content (AvgIpc) is 2.38. The highest BCUT2D eigenvalue weighted by atomic mass is 16.3. The predicted molar refractivity (Wildman–Crippen MR) is 69.9 cm³/mol. The molecule has 17 heavy (non-hydrogen) atoms. The zero-order chi connectivity index (χ0) is 12.7. The molecule has 0 saturated carbocycles. The Morgan fingerprint density at radius 3 is 2.71 bits per heavy atom. The molecule has 1 aromatic rings. The van der Waals surface area contributed by atoms with Gasteiger partial charge in [0.1, 0.15) is 6.07 Å². The second kappa shape index (κ2) is 6.93. The van der Waals surface area contributed by atoms with Crippen LogP contribution in [-0.2, 0) is 6.61 Å². The largest absolute Gasteiger partial charge is 0.392 e. The van der Waals surface area contributed by atoms with E-state index >= 15 is 0 Å². The summed E-state index contributed by atoms with van der Waals surface area (Å²) in [6.07, 6.45) is 3.54. The number of unbranched alkanes of at least 4 members (excludes halogenated alkanes) is 2. The number of aliphatic hydroxyl groups is 1. The van der Waals surface area contributed by atoms with E-state index in [1.807, 2.05) is 19.2 Å². The van der Waals surface area contributed by atoms with Crippen LogP contribution in [0, 0.1) is 11.3 Å². The Balaban J connectivity index is 2.79. The molecule has 3 heteroatoms. The average molecular weight is 232 g/mol. The van der Waals surface area contributed by atoms with Gasteiger partial charge >= 0.3 is 0 Å². The van der Waals surface area contributed by atoms with Gasteiger partial charge in [-0.25, -0.2) is 0 Å². The zero-order valence-corrected chi connectivity index (χ0v) is 10.6. The normalized spacial score (nSPS) is 10.0. The quantitative estimate of drug-likeness (QED) is 0.767. The second-order valence-electron chi connectivity index (χ2n) is 4.25. The second-order valence-corrected chi connectivity index (χ2v) is 4.25. The van der Waals surface area contributed by atoms with Gasteiger partial charge in [-0.1, -0.05) is 25.8 Å². The molecule has 1 aromatic carbocycles. The van der Waals surface area contributed by atoms with Crippen LogP contribution in [0.25, 0.3) is 0 Å². The summed E-state index contributed by atoms with van der Waals surface area (Å²) in [6, 6.07) is 7.72. The minimum Gasteiger partial charge on any atom is -0.392 e. The fraction of sp³-hybridized carbons (Fsp3) is 0.500. The molecule has 0 saturated heterocycles. The summed E-state index contributed by atoms with van der Waals surface area (Å²) in [5, 5.41) is 18.1. The molecule has 0 aliphatic rings. The molecule has 3 nitrogen and oxygen atoms in total. The monoisotopic (exact) mass is 232 g/mol. The number of benzene rings is 1. The topological polar surface area (TPSA) is 47.3 Å². The molecule has 0 aromatic heterocycles. The third-order valence-corrected chi connectivity index (χ3v) is 2.87. The molecule has 0 fully saturated rings. The van der Waals surface area contributed by atoms with E-state index in [-0.39, 0.29) is 6.61 Å². The summed E-state index contributed by atoms with van der Waals surface area (Å²) in [5.74, 6) is 0. The lowest BCUT2D eigenvalue weighted by Crippen LogP contribution is -2.19. The predicted octanol–water partition coefficient (Wildman–Crippen LogP) is 2.68. The summed E-state index contributed by atoms with van der Waals surface area (Å²) in [5.41, 5.74) is 2.36. The molecule has 92 valence electrons. The molecule has 0 amide bonds. The molecular formula is C14H20N2O. The Bertz CT molecular complexity index is 396. The maximum absolute atomic E-state index is 9.10. The molecule has 0 aliphatic heterocycles. The van der Waals surface area contributed by atoms with Gasteiger partial charge in [0, 0.05) is 13.6 Å². The van der Waals surface area contributed by atoms with Gasteiger partial charge in [0.05, 0.1) is 17.9 Å². The van der Waals surface area contributed by atoms with Crippen molar-refractivity contribution in [3.63, 3.8) is 0 Å². The molecule has 1 N–H and O–H groups in total. The number of hydrogen-bond acceptors (Lipinski definition) is 3. The fourth-order valence-electron chi connectivity index (χ4n) is 1.82. The lowest BCUT2D eigenvalue weighted by molar-refractivity contribution is 0.282. The Morgan fingerprint density at radius 1 is 1.35 bits per heavy atom. The van der Waals surface area contributed by atoms with Crippen LogP contribution in [0.2, 0.25) is 0 Å². The Morgan fingerprint density at radius 2 is 2.12 bits per heavy atom. The van der Waals surface area contributed by atoms with Gasteiger partial charge in [-0.2, -0.15) is 5.26 Å². The van der Waals surface area contributed by atoms with E-state index in [1.54, 1.807) is 6.07 Å². The van der Waals surface area contributed by atoms with Crippen molar-refractivity contribution in [2.45, 2.75) is 32.8 Å². The number of nitrogens with zero attached hydrogens (tertiary/aromatic N) is 2. The van der Waals surface area contributed by atoms with E-state index in [2.05, 4.69) is 17.9 Å². The van der Waals surface area contributed by atoms with E-state index < -0.39 is 0 Å². The number of rotatable bonds is 6. The Kier molecular flexibility index (Phi) is 5.51. The van der Waals surface area contributed by atoms with Crippen LogP contribution < -0.4 is 4.90 Å². The van der Waals surface area contributed by atoms with Crippen molar-refractivity contribution in [2.24, 2.45) is 0 Å². The molecule has 0 atom stereocenters. The molecule has 0 radical (unpaired) electrons. The highest BCUT2D eigenvalue weighted by Gasteiger charge is 2.07. The lowest BCUT2D eigenvalue weighted by atomic mass is 10.1. The standard InChI is InChI=1S/C14H20N2O/c1-3-4-5-8-16(2)14-7-6-12(11-17)9-13(14)10-15/h6-7,9,17H,3-5,8,11H2,1-2H3. The molecule has 0 spiro atoms. The van der Waals surface area contributed by atoms with E-state index in [9.17, 15) is 0 Å². The number of anilines is 1. The van der Waals surface area contributed by atoms with Crippen LogP contribution in [0.1, 0.15) is 37.3 Å². The minimum absolute atomic E-state index is 0.0193. The first-order valence-electron chi connectivity index (χ1n) is 6.08. The van der Waals surface area contributed by atoms with E-state index in [0.29, 0.717) is 5.56 Å². The van der Waals surface area contributed by atoms with Crippen molar-refractivity contribution >= 4 is 5.69 Å². The van der Waals surface area contributed by atoms with Gasteiger partial charge in [0.25, 0.3) is 0 Å². The van der Waals surface area contributed by atoms with Crippen LogP contribution in [0.3, 0.4) is 0 Å². The van der Waals surface area contributed by atoms with Crippen LogP contribution in [-0.4, -0.2) is 18.7 Å². The summed E-state index contributed by atoms with van der Waals surface area (Å²) in [7, 11) is 2.00. The van der Waals surface area contributed by atoms with Gasteiger partial charge in [-0.05, 0) is 24.1 Å². The highest BCUT2D eigenvalue weighted by molar-refractivity contribution is 5.60. The van der Waals surface area contributed by atoms with Crippen molar-refractivity contribution in [3.8, 4) is 6.07 Å². The number of hydrogen-bond donors (Lipinski definition) is 1. The maximum Gasteiger partial charge on any atom is 0.101 e. The van der Waals surface area contributed by atoms with Gasteiger partial charge in [0.15, 0.2) is 0 Å².